The first kappa shape index (κ1) is 15.3. The molecule has 0 unspecified atom stereocenters. The Morgan fingerprint density at radius 2 is 1.67 bits per heavy atom. The number of rotatable bonds is 6. The zero-order valence-corrected chi connectivity index (χ0v) is 12.6. The van der Waals surface area contributed by atoms with Gasteiger partial charge in [0.2, 0.25) is 5.91 Å². The van der Waals surface area contributed by atoms with Crippen LogP contribution in [0.15, 0.2) is 54.6 Å². The van der Waals surface area contributed by atoms with Gasteiger partial charge in [-0.05, 0) is 23.3 Å². The lowest BCUT2D eigenvalue weighted by Crippen LogP contribution is -2.32. The van der Waals surface area contributed by atoms with Crippen molar-refractivity contribution in [2.75, 3.05) is 6.54 Å². The summed E-state index contributed by atoms with van der Waals surface area (Å²) in [5.74, 6) is -0.389. The van der Waals surface area contributed by atoms with E-state index in [-0.39, 0.29) is 11.3 Å². The fourth-order valence-electron chi connectivity index (χ4n) is 2.30. The fourth-order valence-corrected chi connectivity index (χ4v) is 2.30. The second-order valence-corrected chi connectivity index (χ2v) is 5.91. The van der Waals surface area contributed by atoms with Gasteiger partial charge in [-0.15, -0.1) is 0 Å². The third-order valence-corrected chi connectivity index (χ3v) is 3.69. The molecule has 110 valence electrons. The first-order chi connectivity index (χ1) is 9.99. The Morgan fingerprint density at radius 1 is 1.05 bits per heavy atom. The van der Waals surface area contributed by atoms with Crippen molar-refractivity contribution in [1.29, 1.82) is 0 Å². The molecule has 0 saturated carbocycles. The number of carbonyl (C=O) groups is 1. The standard InChI is InChI=1S/C18H22N2O/c1-18(2,16-6-4-3-5-7-16)13-20-12-14-8-10-15(11-9-14)17(19)21/h3-11,20H,12-13H2,1-2H3,(H2,19,21). The maximum absolute atomic E-state index is 11.0. The van der Waals surface area contributed by atoms with E-state index in [1.807, 2.05) is 18.2 Å². The maximum atomic E-state index is 11.0. The average Bonchev–Trinajstić information content (AvgIpc) is 2.48. The summed E-state index contributed by atoms with van der Waals surface area (Å²) < 4.78 is 0. The highest BCUT2D eigenvalue weighted by molar-refractivity contribution is 5.92. The van der Waals surface area contributed by atoms with E-state index >= 15 is 0 Å². The summed E-state index contributed by atoms with van der Waals surface area (Å²) in [5.41, 5.74) is 8.32. The Morgan fingerprint density at radius 3 is 2.24 bits per heavy atom. The molecule has 21 heavy (non-hydrogen) atoms. The van der Waals surface area contributed by atoms with Gasteiger partial charge in [0.25, 0.3) is 0 Å². The highest BCUT2D eigenvalue weighted by Gasteiger charge is 2.19. The van der Waals surface area contributed by atoms with E-state index in [0.717, 1.165) is 18.7 Å². The molecular formula is C18H22N2O. The van der Waals surface area contributed by atoms with Crippen molar-refractivity contribution >= 4 is 5.91 Å². The summed E-state index contributed by atoms with van der Waals surface area (Å²) in [7, 11) is 0. The molecule has 0 aliphatic carbocycles. The number of amides is 1. The second kappa shape index (κ2) is 6.55. The van der Waals surface area contributed by atoms with E-state index in [1.54, 1.807) is 12.1 Å². The van der Waals surface area contributed by atoms with Crippen LogP contribution in [0.4, 0.5) is 0 Å². The molecule has 3 nitrogen and oxygen atoms in total. The topological polar surface area (TPSA) is 55.1 Å². The van der Waals surface area contributed by atoms with E-state index in [0.29, 0.717) is 5.56 Å². The van der Waals surface area contributed by atoms with Crippen molar-refractivity contribution < 1.29 is 4.79 Å². The molecule has 2 rings (SSSR count). The van der Waals surface area contributed by atoms with E-state index in [1.165, 1.54) is 5.56 Å². The minimum atomic E-state index is -0.389. The first-order valence-electron chi connectivity index (χ1n) is 7.14. The van der Waals surface area contributed by atoms with Crippen molar-refractivity contribution in [3.8, 4) is 0 Å². The molecule has 0 bridgehead atoms. The maximum Gasteiger partial charge on any atom is 0.248 e. The smallest absolute Gasteiger partial charge is 0.248 e. The van der Waals surface area contributed by atoms with Crippen LogP contribution in [0.5, 0.6) is 0 Å². The molecule has 0 fully saturated rings. The predicted octanol–water partition coefficient (Wildman–Crippen LogP) is 2.85. The molecule has 3 heteroatoms. The third kappa shape index (κ3) is 4.17. The van der Waals surface area contributed by atoms with Crippen molar-refractivity contribution in [2.45, 2.75) is 25.8 Å². The number of hydrogen-bond donors (Lipinski definition) is 2. The lowest BCUT2D eigenvalue weighted by atomic mass is 9.84. The quantitative estimate of drug-likeness (QED) is 0.856. The summed E-state index contributed by atoms with van der Waals surface area (Å²) in [6.07, 6.45) is 0. The number of nitrogens with one attached hydrogen (secondary N) is 1. The van der Waals surface area contributed by atoms with E-state index in [9.17, 15) is 4.79 Å². The molecule has 3 N–H and O–H groups in total. The molecule has 0 aliphatic heterocycles. The second-order valence-electron chi connectivity index (χ2n) is 5.91. The van der Waals surface area contributed by atoms with Crippen molar-refractivity contribution in [2.24, 2.45) is 5.73 Å². The zero-order chi connectivity index (χ0) is 15.3. The summed E-state index contributed by atoms with van der Waals surface area (Å²) in [4.78, 5) is 11.0. The largest absolute Gasteiger partial charge is 0.366 e. The summed E-state index contributed by atoms with van der Waals surface area (Å²) in [6, 6.07) is 17.9. The van der Waals surface area contributed by atoms with Gasteiger partial charge in [0.05, 0.1) is 0 Å². The van der Waals surface area contributed by atoms with Gasteiger partial charge in [-0.25, -0.2) is 0 Å². The highest BCUT2D eigenvalue weighted by Crippen LogP contribution is 2.21. The summed E-state index contributed by atoms with van der Waals surface area (Å²) in [5, 5.41) is 3.47. The van der Waals surface area contributed by atoms with Crippen molar-refractivity contribution in [1.82, 2.24) is 5.32 Å². The van der Waals surface area contributed by atoms with Crippen LogP contribution < -0.4 is 11.1 Å². The SMILES string of the molecule is CC(C)(CNCc1ccc(C(N)=O)cc1)c1ccccc1. The summed E-state index contributed by atoms with van der Waals surface area (Å²) >= 11 is 0. The van der Waals surface area contributed by atoms with Crippen LogP contribution in [-0.2, 0) is 12.0 Å². The van der Waals surface area contributed by atoms with Crippen LogP contribution in [0.25, 0.3) is 0 Å². The molecule has 0 aromatic heterocycles. The molecule has 1 amide bonds. The van der Waals surface area contributed by atoms with Crippen molar-refractivity contribution in [3.63, 3.8) is 0 Å². The van der Waals surface area contributed by atoms with Crippen LogP contribution >= 0.6 is 0 Å². The lowest BCUT2D eigenvalue weighted by Gasteiger charge is -2.25. The molecular weight excluding hydrogens is 260 g/mol. The first-order valence-corrected chi connectivity index (χ1v) is 7.14. The van der Waals surface area contributed by atoms with Gasteiger partial charge in [0, 0.05) is 24.1 Å². The average molecular weight is 282 g/mol. The van der Waals surface area contributed by atoms with Crippen LogP contribution in [0.2, 0.25) is 0 Å². The van der Waals surface area contributed by atoms with Gasteiger partial charge in [0.15, 0.2) is 0 Å². The number of benzene rings is 2. The van der Waals surface area contributed by atoms with Gasteiger partial charge in [0.1, 0.15) is 0 Å². The molecule has 0 heterocycles. The molecule has 0 atom stereocenters. The van der Waals surface area contributed by atoms with Crippen LogP contribution in [-0.4, -0.2) is 12.5 Å². The Labute approximate surface area is 126 Å². The Kier molecular flexibility index (Phi) is 4.76. The van der Waals surface area contributed by atoms with Crippen LogP contribution in [0.1, 0.15) is 35.3 Å². The minimum absolute atomic E-state index is 0.0778. The fraction of sp³-hybridized carbons (Fsp3) is 0.278. The molecule has 0 spiro atoms. The van der Waals surface area contributed by atoms with Crippen LogP contribution in [0, 0.1) is 0 Å². The molecule has 0 saturated heterocycles. The number of primary amides is 1. The number of nitrogens with two attached hydrogens (primary N) is 1. The monoisotopic (exact) mass is 282 g/mol. The lowest BCUT2D eigenvalue weighted by molar-refractivity contribution is 0.100. The van der Waals surface area contributed by atoms with Gasteiger partial charge >= 0.3 is 0 Å². The predicted molar refractivity (Wildman–Crippen MR) is 86.1 cm³/mol. The molecule has 2 aromatic rings. The minimum Gasteiger partial charge on any atom is -0.366 e. The Balaban J connectivity index is 1.90. The van der Waals surface area contributed by atoms with E-state index < -0.39 is 0 Å². The highest BCUT2D eigenvalue weighted by atomic mass is 16.1. The van der Waals surface area contributed by atoms with Gasteiger partial charge in [-0.1, -0.05) is 56.3 Å². The van der Waals surface area contributed by atoms with Gasteiger partial charge in [-0.3, -0.25) is 4.79 Å². The van der Waals surface area contributed by atoms with Gasteiger partial charge in [-0.2, -0.15) is 0 Å². The number of hydrogen-bond acceptors (Lipinski definition) is 2. The number of carbonyl (C=O) groups excluding carboxylic acids is 1. The normalized spacial score (nSPS) is 11.3. The van der Waals surface area contributed by atoms with E-state index in [4.69, 9.17) is 5.73 Å². The van der Waals surface area contributed by atoms with Crippen molar-refractivity contribution in [3.05, 3.63) is 71.3 Å². The summed E-state index contributed by atoms with van der Waals surface area (Å²) in [6.45, 7) is 6.11. The Bertz CT molecular complexity index is 588. The van der Waals surface area contributed by atoms with Crippen LogP contribution in [0.3, 0.4) is 0 Å². The van der Waals surface area contributed by atoms with Gasteiger partial charge < -0.3 is 11.1 Å². The molecule has 0 aliphatic rings. The third-order valence-electron chi connectivity index (χ3n) is 3.69. The zero-order valence-electron chi connectivity index (χ0n) is 12.6. The molecule has 0 radical (unpaired) electrons. The van der Waals surface area contributed by atoms with E-state index in [2.05, 4.69) is 43.4 Å². The Hall–Kier alpha value is -2.13. The molecule has 2 aromatic carbocycles.